The van der Waals surface area contributed by atoms with Crippen LogP contribution >= 0.6 is 0 Å². The molecule has 1 aromatic heterocycles. The van der Waals surface area contributed by atoms with Gasteiger partial charge in [-0.3, -0.25) is 5.10 Å². The number of aromatic nitrogens is 2. The van der Waals surface area contributed by atoms with Gasteiger partial charge >= 0.3 is 0 Å². The van der Waals surface area contributed by atoms with Crippen molar-refractivity contribution in [3.63, 3.8) is 0 Å². The summed E-state index contributed by atoms with van der Waals surface area (Å²) in [5, 5.41) is 9.50. The molecule has 1 heterocycles. The molecule has 0 radical (unpaired) electrons. The lowest BCUT2D eigenvalue weighted by atomic mass is 9.91. The minimum Gasteiger partial charge on any atom is -0.316 e. The smallest absolute Gasteiger partial charge is 0.258 e. The monoisotopic (exact) mass is 288 g/mol. The Labute approximate surface area is 115 Å². The minimum atomic E-state index is -3.57. The highest BCUT2D eigenvalue weighted by molar-refractivity contribution is 7.89. The van der Waals surface area contributed by atoms with Crippen molar-refractivity contribution in [2.75, 3.05) is 7.05 Å². The van der Waals surface area contributed by atoms with Crippen LogP contribution < -0.4 is 10.0 Å². The highest BCUT2D eigenvalue weighted by atomic mass is 32.2. The molecule has 0 unspecified atom stereocenters. The van der Waals surface area contributed by atoms with E-state index < -0.39 is 10.0 Å². The summed E-state index contributed by atoms with van der Waals surface area (Å²) in [7, 11) is -1.80. The topological polar surface area (TPSA) is 86.9 Å². The second-order valence-corrected chi connectivity index (χ2v) is 6.32. The maximum absolute atomic E-state index is 12.5. The predicted molar refractivity (Wildman–Crippen MR) is 75.3 cm³/mol. The number of nitrogens with zero attached hydrogens (tertiary/aromatic N) is 1. The molecule has 0 aliphatic heterocycles. The van der Waals surface area contributed by atoms with Crippen LogP contribution in [0.25, 0.3) is 0 Å². The van der Waals surface area contributed by atoms with Gasteiger partial charge in [0.05, 0.1) is 6.20 Å². The summed E-state index contributed by atoms with van der Waals surface area (Å²) in [6, 6.07) is 0. The van der Waals surface area contributed by atoms with Gasteiger partial charge in [-0.15, -0.1) is 0 Å². The average Bonchev–Trinajstić information content (AvgIpc) is 2.86. The van der Waals surface area contributed by atoms with E-state index in [-0.39, 0.29) is 10.6 Å². The fraction of sp³-hybridized carbons (Fsp3) is 0.750. The van der Waals surface area contributed by atoms with Crippen molar-refractivity contribution in [3.8, 4) is 0 Å². The third-order valence-electron chi connectivity index (χ3n) is 3.70. The van der Waals surface area contributed by atoms with E-state index in [4.69, 9.17) is 0 Å². The zero-order valence-electron chi connectivity index (χ0n) is 12.1. The van der Waals surface area contributed by atoms with Crippen molar-refractivity contribution >= 4 is 10.0 Å². The highest BCUT2D eigenvalue weighted by Crippen LogP contribution is 2.23. The summed E-state index contributed by atoms with van der Waals surface area (Å²) < 4.78 is 27.8. The second kappa shape index (κ2) is 6.49. The molecule has 110 valence electrons. The van der Waals surface area contributed by atoms with Gasteiger partial charge in [-0.2, -0.15) is 5.10 Å². The highest BCUT2D eigenvalue weighted by Gasteiger charge is 2.32. The normalized spacial score (nSPS) is 12.8. The van der Waals surface area contributed by atoms with Crippen molar-refractivity contribution in [2.45, 2.75) is 57.1 Å². The third-order valence-corrected chi connectivity index (χ3v) is 5.29. The van der Waals surface area contributed by atoms with E-state index in [1.165, 1.54) is 6.20 Å². The number of nitrogens with one attached hydrogen (secondary N) is 3. The molecule has 1 rings (SSSR count). The van der Waals surface area contributed by atoms with E-state index in [0.29, 0.717) is 12.1 Å². The lowest BCUT2D eigenvalue weighted by molar-refractivity contribution is 0.341. The standard InChI is InChI=1S/C12H24N4O2S/c1-5-12(6-2,7-3)16-19(17,18)11-10(8-13-4)9-14-15-11/h9,13,16H,5-8H2,1-4H3,(H,14,15). The van der Waals surface area contributed by atoms with E-state index >= 15 is 0 Å². The van der Waals surface area contributed by atoms with Crippen molar-refractivity contribution in [3.05, 3.63) is 11.8 Å². The van der Waals surface area contributed by atoms with Gasteiger partial charge in [0.15, 0.2) is 5.03 Å². The molecule has 3 N–H and O–H groups in total. The molecular formula is C12H24N4O2S. The van der Waals surface area contributed by atoms with Crippen LogP contribution in [0.4, 0.5) is 0 Å². The average molecular weight is 288 g/mol. The van der Waals surface area contributed by atoms with Gasteiger partial charge in [-0.25, -0.2) is 13.1 Å². The van der Waals surface area contributed by atoms with Gasteiger partial charge in [0.25, 0.3) is 10.0 Å². The van der Waals surface area contributed by atoms with Gasteiger partial charge in [0.2, 0.25) is 0 Å². The Bertz CT molecular complexity index is 483. The lowest BCUT2D eigenvalue weighted by Gasteiger charge is -2.31. The summed E-state index contributed by atoms with van der Waals surface area (Å²) in [6.07, 6.45) is 3.81. The number of hydrogen-bond donors (Lipinski definition) is 3. The minimum absolute atomic E-state index is 0.154. The molecule has 0 atom stereocenters. The van der Waals surface area contributed by atoms with E-state index in [1.807, 2.05) is 20.8 Å². The van der Waals surface area contributed by atoms with Crippen LogP contribution in [-0.4, -0.2) is 31.2 Å². The molecular weight excluding hydrogens is 264 g/mol. The van der Waals surface area contributed by atoms with E-state index in [2.05, 4.69) is 20.2 Å². The van der Waals surface area contributed by atoms with Gasteiger partial charge in [-0.1, -0.05) is 20.8 Å². The molecule has 0 aromatic carbocycles. The van der Waals surface area contributed by atoms with Gasteiger partial charge in [-0.05, 0) is 26.3 Å². The number of H-pyrrole nitrogens is 1. The zero-order chi connectivity index (χ0) is 14.5. The summed E-state index contributed by atoms with van der Waals surface area (Å²) in [6.45, 7) is 6.45. The maximum atomic E-state index is 12.5. The maximum Gasteiger partial charge on any atom is 0.258 e. The summed E-state index contributed by atoms with van der Waals surface area (Å²) in [5.41, 5.74) is 0.258. The van der Waals surface area contributed by atoms with Crippen LogP contribution in [0.1, 0.15) is 45.6 Å². The van der Waals surface area contributed by atoms with Crippen LogP contribution in [0.2, 0.25) is 0 Å². The molecule has 0 saturated heterocycles. The van der Waals surface area contributed by atoms with Crippen LogP contribution in [0.15, 0.2) is 11.2 Å². The lowest BCUT2D eigenvalue weighted by Crippen LogP contribution is -2.47. The Morgan fingerprint density at radius 1 is 1.26 bits per heavy atom. The van der Waals surface area contributed by atoms with E-state index in [0.717, 1.165) is 19.3 Å². The largest absolute Gasteiger partial charge is 0.316 e. The Morgan fingerprint density at radius 2 is 1.84 bits per heavy atom. The molecule has 0 aliphatic carbocycles. The summed E-state index contributed by atoms with van der Waals surface area (Å²) in [4.78, 5) is 0. The van der Waals surface area contributed by atoms with Crippen molar-refractivity contribution < 1.29 is 8.42 Å². The van der Waals surface area contributed by atoms with Crippen molar-refractivity contribution in [1.29, 1.82) is 0 Å². The number of sulfonamides is 1. The molecule has 0 saturated carbocycles. The molecule has 0 bridgehead atoms. The van der Waals surface area contributed by atoms with Crippen LogP contribution in [0.5, 0.6) is 0 Å². The number of aromatic amines is 1. The zero-order valence-corrected chi connectivity index (χ0v) is 12.9. The Balaban J connectivity index is 3.07. The Hall–Kier alpha value is -0.920. The third kappa shape index (κ3) is 3.55. The molecule has 1 aromatic rings. The van der Waals surface area contributed by atoms with E-state index in [1.54, 1.807) is 7.05 Å². The van der Waals surface area contributed by atoms with Crippen LogP contribution in [-0.2, 0) is 16.6 Å². The van der Waals surface area contributed by atoms with Crippen molar-refractivity contribution in [1.82, 2.24) is 20.2 Å². The van der Waals surface area contributed by atoms with Crippen molar-refractivity contribution in [2.24, 2.45) is 0 Å². The molecule has 0 spiro atoms. The second-order valence-electron chi connectivity index (χ2n) is 4.70. The fourth-order valence-corrected chi connectivity index (χ4v) is 3.90. The summed E-state index contributed by atoms with van der Waals surface area (Å²) >= 11 is 0. The predicted octanol–water partition coefficient (Wildman–Crippen LogP) is 1.38. The first kappa shape index (κ1) is 16.1. The number of rotatable bonds is 8. The molecule has 0 aliphatic rings. The quantitative estimate of drug-likeness (QED) is 0.674. The molecule has 0 fully saturated rings. The van der Waals surface area contributed by atoms with Crippen LogP contribution in [0.3, 0.4) is 0 Å². The first-order valence-corrected chi connectivity index (χ1v) is 8.13. The summed E-state index contributed by atoms with van der Waals surface area (Å²) in [5.74, 6) is 0. The molecule has 19 heavy (non-hydrogen) atoms. The molecule has 7 heteroatoms. The van der Waals surface area contributed by atoms with Gasteiger partial charge in [0.1, 0.15) is 0 Å². The van der Waals surface area contributed by atoms with Gasteiger partial charge < -0.3 is 5.32 Å². The van der Waals surface area contributed by atoms with Gasteiger partial charge in [0, 0.05) is 17.6 Å². The molecule has 6 nitrogen and oxygen atoms in total. The number of hydrogen-bond acceptors (Lipinski definition) is 4. The Kier molecular flexibility index (Phi) is 5.51. The Morgan fingerprint density at radius 3 is 2.32 bits per heavy atom. The molecule has 0 amide bonds. The SMILES string of the molecule is CCC(CC)(CC)NS(=O)(=O)c1[nH]ncc1CNC. The first-order chi connectivity index (χ1) is 8.94. The first-order valence-electron chi connectivity index (χ1n) is 6.65. The van der Waals surface area contributed by atoms with E-state index in [9.17, 15) is 8.42 Å². The fourth-order valence-electron chi connectivity index (χ4n) is 2.15. The van der Waals surface area contributed by atoms with Crippen LogP contribution in [0, 0.1) is 0 Å².